The van der Waals surface area contributed by atoms with E-state index in [2.05, 4.69) is 11.9 Å². The van der Waals surface area contributed by atoms with Crippen LogP contribution in [0.4, 0.5) is 0 Å². The normalized spacial score (nSPS) is 23.6. The molecular formula is C14H27N3O. The Kier molecular flexibility index (Phi) is 5.01. The van der Waals surface area contributed by atoms with Crippen LogP contribution in [0, 0.1) is 0 Å². The SMILES string of the molecule is CN(CC(=O)N1CCC(N)CC1)C1CCCCC1. The van der Waals surface area contributed by atoms with Crippen molar-refractivity contribution in [2.45, 2.75) is 57.0 Å². The molecule has 2 rings (SSSR count). The Morgan fingerprint density at radius 2 is 1.78 bits per heavy atom. The maximum atomic E-state index is 12.2. The lowest BCUT2D eigenvalue weighted by molar-refractivity contribution is -0.133. The zero-order valence-electron chi connectivity index (χ0n) is 11.6. The van der Waals surface area contributed by atoms with Crippen molar-refractivity contribution in [2.24, 2.45) is 5.73 Å². The van der Waals surface area contributed by atoms with Crippen LogP contribution in [-0.4, -0.2) is 54.5 Å². The van der Waals surface area contributed by atoms with Gasteiger partial charge in [-0.15, -0.1) is 0 Å². The lowest BCUT2D eigenvalue weighted by atomic mass is 9.94. The molecule has 1 saturated heterocycles. The molecule has 0 bridgehead atoms. The second-order valence-corrected chi connectivity index (χ2v) is 5.93. The van der Waals surface area contributed by atoms with Crippen LogP contribution in [0.25, 0.3) is 0 Å². The van der Waals surface area contributed by atoms with E-state index in [4.69, 9.17) is 5.73 Å². The van der Waals surface area contributed by atoms with Crippen molar-refractivity contribution < 1.29 is 4.79 Å². The van der Waals surface area contributed by atoms with Gasteiger partial charge < -0.3 is 10.6 Å². The summed E-state index contributed by atoms with van der Waals surface area (Å²) in [6.07, 6.45) is 8.44. The average molecular weight is 253 g/mol. The van der Waals surface area contributed by atoms with E-state index in [1.165, 1.54) is 32.1 Å². The van der Waals surface area contributed by atoms with Gasteiger partial charge in [-0.1, -0.05) is 19.3 Å². The Morgan fingerprint density at radius 1 is 1.17 bits per heavy atom. The molecule has 1 heterocycles. The molecule has 2 fully saturated rings. The van der Waals surface area contributed by atoms with E-state index in [1.54, 1.807) is 0 Å². The van der Waals surface area contributed by atoms with Crippen LogP contribution in [0.3, 0.4) is 0 Å². The molecule has 0 atom stereocenters. The van der Waals surface area contributed by atoms with E-state index < -0.39 is 0 Å². The third-order valence-corrected chi connectivity index (χ3v) is 4.48. The summed E-state index contributed by atoms with van der Waals surface area (Å²) in [5.74, 6) is 0.287. The maximum absolute atomic E-state index is 12.2. The Morgan fingerprint density at radius 3 is 2.39 bits per heavy atom. The molecule has 0 aromatic carbocycles. The van der Waals surface area contributed by atoms with Gasteiger partial charge in [0.25, 0.3) is 0 Å². The third kappa shape index (κ3) is 3.69. The van der Waals surface area contributed by atoms with Gasteiger partial charge >= 0.3 is 0 Å². The number of hydrogen-bond acceptors (Lipinski definition) is 3. The number of likely N-dealkylation sites (tertiary alicyclic amines) is 1. The van der Waals surface area contributed by atoms with E-state index in [-0.39, 0.29) is 5.91 Å². The van der Waals surface area contributed by atoms with Crippen molar-refractivity contribution in [3.05, 3.63) is 0 Å². The van der Waals surface area contributed by atoms with Gasteiger partial charge in [-0.25, -0.2) is 0 Å². The predicted molar refractivity (Wildman–Crippen MR) is 73.3 cm³/mol. The van der Waals surface area contributed by atoms with Crippen molar-refractivity contribution in [3.8, 4) is 0 Å². The zero-order chi connectivity index (χ0) is 13.0. The Bertz CT molecular complexity index is 268. The first-order chi connectivity index (χ1) is 8.66. The molecule has 1 amide bonds. The summed E-state index contributed by atoms with van der Waals surface area (Å²) < 4.78 is 0. The van der Waals surface area contributed by atoms with Gasteiger partial charge in [0.1, 0.15) is 0 Å². The van der Waals surface area contributed by atoms with Crippen molar-refractivity contribution in [3.63, 3.8) is 0 Å². The highest BCUT2D eigenvalue weighted by Crippen LogP contribution is 2.21. The molecule has 1 aliphatic heterocycles. The highest BCUT2D eigenvalue weighted by Gasteiger charge is 2.24. The second-order valence-electron chi connectivity index (χ2n) is 5.93. The average Bonchev–Trinajstić information content (AvgIpc) is 2.40. The molecule has 1 saturated carbocycles. The van der Waals surface area contributed by atoms with E-state index in [0.29, 0.717) is 18.6 Å². The summed E-state index contributed by atoms with van der Waals surface area (Å²) in [5, 5.41) is 0. The maximum Gasteiger partial charge on any atom is 0.236 e. The number of rotatable bonds is 3. The summed E-state index contributed by atoms with van der Waals surface area (Å²) >= 11 is 0. The van der Waals surface area contributed by atoms with Gasteiger partial charge in [-0.05, 0) is 32.7 Å². The minimum atomic E-state index is 0.287. The smallest absolute Gasteiger partial charge is 0.236 e. The van der Waals surface area contributed by atoms with Gasteiger partial charge in [0.2, 0.25) is 5.91 Å². The number of nitrogens with two attached hydrogens (primary N) is 1. The van der Waals surface area contributed by atoms with Gasteiger partial charge in [-0.3, -0.25) is 9.69 Å². The van der Waals surface area contributed by atoms with Gasteiger partial charge in [0, 0.05) is 25.2 Å². The number of likely N-dealkylation sites (N-methyl/N-ethyl adjacent to an activating group) is 1. The molecule has 18 heavy (non-hydrogen) atoms. The number of carbonyl (C=O) groups is 1. The van der Waals surface area contributed by atoms with E-state index >= 15 is 0 Å². The van der Waals surface area contributed by atoms with Crippen LogP contribution in [0.15, 0.2) is 0 Å². The quantitative estimate of drug-likeness (QED) is 0.822. The number of amides is 1. The van der Waals surface area contributed by atoms with Crippen LogP contribution in [0.5, 0.6) is 0 Å². The molecule has 4 heteroatoms. The van der Waals surface area contributed by atoms with Crippen LogP contribution in [0.2, 0.25) is 0 Å². The predicted octanol–water partition coefficient (Wildman–Crippen LogP) is 1.20. The minimum Gasteiger partial charge on any atom is -0.341 e. The van der Waals surface area contributed by atoms with Crippen LogP contribution >= 0.6 is 0 Å². The second kappa shape index (κ2) is 6.53. The number of nitrogens with zero attached hydrogens (tertiary/aromatic N) is 2. The fourth-order valence-corrected chi connectivity index (χ4v) is 3.11. The Labute approximate surface area is 110 Å². The highest BCUT2D eigenvalue weighted by atomic mass is 16.2. The van der Waals surface area contributed by atoms with E-state index in [1.807, 2.05) is 4.90 Å². The summed E-state index contributed by atoms with van der Waals surface area (Å²) in [4.78, 5) is 16.5. The number of piperidine rings is 1. The van der Waals surface area contributed by atoms with Crippen molar-refractivity contribution in [2.75, 3.05) is 26.7 Å². The van der Waals surface area contributed by atoms with Crippen molar-refractivity contribution >= 4 is 5.91 Å². The first-order valence-corrected chi connectivity index (χ1v) is 7.40. The largest absolute Gasteiger partial charge is 0.341 e. The monoisotopic (exact) mass is 253 g/mol. The molecule has 0 aromatic heterocycles. The lowest BCUT2D eigenvalue weighted by Crippen LogP contribution is -2.48. The first kappa shape index (κ1) is 13.8. The summed E-state index contributed by atoms with van der Waals surface area (Å²) in [5.41, 5.74) is 5.87. The lowest BCUT2D eigenvalue weighted by Gasteiger charge is -2.34. The summed E-state index contributed by atoms with van der Waals surface area (Å²) in [7, 11) is 2.10. The molecule has 0 aromatic rings. The summed E-state index contributed by atoms with van der Waals surface area (Å²) in [6, 6.07) is 0.917. The molecule has 1 aliphatic carbocycles. The van der Waals surface area contributed by atoms with E-state index in [0.717, 1.165) is 25.9 Å². The number of hydrogen-bond donors (Lipinski definition) is 1. The first-order valence-electron chi connectivity index (χ1n) is 7.40. The fraction of sp³-hybridized carbons (Fsp3) is 0.929. The molecule has 0 spiro atoms. The Hall–Kier alpha value is -0.610. The third-order valence-electron chi connectivity index (χ3n) is 4.48. The van der Waals surface area contributed by atoms with Gasteiger partial charge in [0.15, 0.2) is 0 Å². The molecule has 2 N–H and O–H groups in total. The van der Waals surface area contributed by atoms with E-state index in [9.17, 15) is 4.79 Å². The molecule has 0 radical (unpaired) electrons. The molecular weight excluding hydrogens is 226 g/mol. The highest BCUT2D eigenvalue weighted by molar-refractivity contribution is 5.78. The fourth-order valence-electron chi connectivity index (χ4n) is 3.11. The van der Waals surface area contributed by atoms with Crippen molar-refractivity contribution in [1.29, 1.82) is 0 Å². The van der Waals surface area contributed by atoms with Crippen LogP contribution in [0.1, 0.15) is 44.9 Å². The minimum absolute atomic E-state index is 0.287. The zero-order valence-corrected chi connectivity index (χ0v) is 11.6. The van der Waals surface area contributed by atoms with Crippen LogP contribution < -0.4 is 5.73 Å². The molecule has 2 aliphatic rings. The summed E-state index contributed by atoms with van der Waals surface area (Å²) in [6.45, 7) is 2.27. The topological polar surface area (TPSA) is 49.6 Å². The molecule has 104 valence electrons. The van der Waals surface area contributed by atoms with Crippen molar-refractivity contribution in [1.82, 2.24) is 9.80 Å². The number of carbonyl (C=O) groups excluding carboxylic acids is 1. The van der Waals surface area contributed by atoms with Crippen LogP contribution in [-0.2, 0) is 4.79 Å². The van der Waals surface area contributed by atoms with Gasteiger partial charge in [0.05, 0.1) is 6.54 Å². The Balaban J connectivity index is 1.75. The molecule has 0 unspecified atom stereocenters. The molecule has 4 nitrogen and oxygen atoms in total. The standard InChI is InChI=1S/C14H27N3O/c1-16(13-5-3-2-4-6-13)11-14(18)17-9-7-12(15)8-10-17/h12-13H,2-11,15H2,1H3. The van der Waals surface area contributed by atoms with Gasteiger partial charge in [-0.2, -0.15) is 0 Å².